The third-order valence-corrected chi connectivity index (χ3v) is 7.20. The van der Waals surface area contributed by atoms with Gasteiger partial charge in [-0.15, -0.1) is 0 Å². The molecule has 0 heterocycles. The molecule has 0 amide bonds. The lowest BCUT2D eigenvalue weighted by Gasteiger charge is -2.28. The maximum absolute atomic E-state index is 2.41. The molecule has 0 nitrogen and oxygen atoms in total. The molecule has 1 aliphatic rings. The molecule has 0 aromatic heterocycles. The van der Waals surface area contributed by atoms with Gasteiger partial charge < -0.3 is 0 Å². The van der Waals surface area contributed by atoms with Crippen LogP contribution in [-0.2, 0) is 19.3 Å². The number of aryl methyl sites for hydroxylation is 3. The van der Waals surface area contributed by atoms with Gasteiger partial charge in [0, 0.05) is 0 Å². The molecule has 0 bridgehead atoms. The zero-order valence-corrected chi connectivity index (χ0v) is 19.0. The third-order valence-electron chi connectivity index (χ3n) is 7.20. The van der Waals surface area contributed by atoms with Gasteiger partial charge >= 0.3 is 0 Å². The smallest absolute Gasteiger partial charge is 0.0162 e. The fourth-order valence-electron chi connectivity index (χ4n) is 5.38. The topological polar surface area (TPSA) is 0 Å². The van der Waals surface area contributed by atoms with E-state index in [1.54, 1.807) is 5.56 Å². The SMILES string of the molecule is CCCc1ccc2cc(CCc3ccc(C4CCC(CCC)CC4)cc3)ccc2c1. The second-order valence-electron chi connectivity index (χ2n) is 9.51. The highest BCUT2D eigenvalue weighted by atomic mass is 14.3. The molecule has 1 fully saturated rings. The van der Waals surface area contributed by atoms with Crippen LogP contribution in [0.3, 0.4) is 0 Å². The predicted molar refractivity (Wildman–Crippen MR) is 131 cm³/mol. The van der Waals surface area contributed by atoms with Crippen molar-refractivity contribution >= 4 is 10.8 Å². The molecule has 1 aliphatic carbocycles. The van der Waals surface area contributed by atoms with Crippen LogP contribution in [0.25, 0.3) is 10.8 Å². The Bertz CT molecular complexity index is 926. The van der Waals surface area contributed by atoms with E-state index in [1.165, 1.54) is 78.8 Å². The van der Waals surface area contributed by atoms with E-state index in [1.807, 2.05) is 0 Å². The molecule has 0 radical (unpaired) electrons. The minimum Gasteiger partial charge on any atom is -0.0654 e. The van der Waals surface area contributed by atoms with E-state index in [0.717, 1.165) is 24.7 Å². The number of hydrogen-bond donors (Lipinski definition) is 0. The first-order valence-electron chi connectivity index (χ1n) is 12.4. The van der Waals surface area contributed by atoms with Crippen molar-refractivity contribution in [2.24, 2.45) is 5.92 Å². The van der Waals surface area contributed by atoms with E-state index >= 15 is 0 Å². The summed E-state index contributed by atoms with van der Waals surface area (Å²) in [6.45, 7) is 4.57. The average Bonchev–Trinajstić information content (AvgIpc) is 2.79. The Morgan fingerprint density at radius 3 is 1.77 bits per heavy atom. The maximum atomic E-state index is 2.41. The normalized spacial score (nSPS) is 19.3. The first-order valence-corrected chi connectivity index (χ1v) is 12.4. The van der Waals surface area contributed by atoms with Gasteiger partial charge in [-0.05, 0) is 89.8 Å². The summed E-state index contributed by atoms with van der Waals surface area (Å²) in [6.07, 6.45) is 13.1. The summed E-state index contributed by atoms with van der Waals surface area (Å²) in [7, 11) is 0. The van der Waals surface area contributed by atoms with Crippen LogP contribution in [0.2, 0.25) is 0 Å². The van der Waals surface area contributed by atoms with Crippen molar-refractivity contribution < 1.29 is 0 Å². The van der Waals surface area contributed by atoms with Crippen LogP contribution < -0.4 is 0 Å². The van der Waals surface area contributed by atoms with Crippen LogP contribution in [0.4, 0.5) is 0 Å². The molecule has 0 heteroatoms. The number of rotatable bonds is 8. The summed E-state index contributed by atoms with van der Waals surface area (Å²) < 4.78 is 0. The van der Waals surface area contributed by atoms with Crippen molar-refractivity contribution in [1.82, 2.24) is 0 Å². The monoisotopic (exact) mass is 398 g/mol. The number of hydrogen-bond acceptors (Lipinski definition) is 0. The van der Waals surface area contributed by atoms with Crippen molar-refractivity contribution in [3.63, 3.8) is 0 Å². The lowest BCUT2D eigenvalue weighted by Crippen LogP contribution is -2.13. The Balaban J connectivity index is 1.33. The van der Waals surface area contributed by atoms with Gasteiger partial charge in [0.2, 0.25) is 0 Å². The molecule has 4 rings (SSSR count). The minimum absolute atomic E-state index is 0.797. The molecule has 0 unspecified atom stereocenters. The Kier molecular flexibility index (Phi) is 7.26. The van der Waals surface area contributed by atoms with Crippen LogP contribution >= 0.6 is 0 Å². The Morgan fingerprint density at radius 1 is 0.600 bits per heavy atom. The summed E-state index contributed by atoms with van der Waals surface area (Å²) in [5.74, 6) is 1.79. The van der Waals surface area contributed by atoms with Crippen LogP contribution in [0.5, 0.6) is 0 Å². The standard InChI is InChI=1S/C30H38/c1-3-5-23-9-15-27(16-10-23)28-17-11-24(12-18-28)7-8-26-14-20-29-21-25(6-4-2)13-19-30(29)22-26/h11-14,17-23,27H,3-10,15-16H2,1-2H3. The molecule has 0 atom stereocenters. The molecule has 0 N–H and O–H groups in total. The Labute approximate surface area is 183 Å². The van der Waals surface area contributed by atoms with Gasteiger partial charge in [0.05, 0.1) is 0 Å². The zero-order valence-electron chi connectivity index (χ0n) is 19.0. The fraction of sp³-hybridized carbons (Fsp3) is 0.467. The predicted octanol–water partition coefficient (Wildman–Crippen LogP) is 8.65. The average molecular weight is 399 g/mol. The summed E-state index contributed by atoms with van der Waals surface area (Å²) >= 11 is 0. The van der Waals surface area contributed by atoms with E-state index in [2.05, 4.69) is 74.5 Å². The highest BCUT2D eigenvalue weighted by molar-refractivity contribution is 5.83. The highest BCUT2D eigenvalue weighted by Gasteiger charge is 2.21. The second-order valence-corrected chi connectivity index (χ2v) is 9.51. The van der Waals surface area contributed by atoms with Gasteiger partial charge in [-0.2, -0.15) is 0 Å². The zero-order chi connectivity index (χ0) is 20.8. The van der Waals surface area contributed by atoms with Crippen LogP contribution in [0.15, 0.2) is 60.7 Å². The minimum atomic E-state index is 0.797. The van der Waals surface area contributed by atoms with Gasteiger partial charge in [-0.1, -0.05) is 93.8 Å². The first kappa shape index (κ1) is 21.2. The van der Waals surface area contributed by atoms with Crippen molar-refractivity contribution in [3.8, 4) is 0 Å². The Hall–Kier alpha value is -2.08. The van der Waals surface area contributed by atoms with Crippen molar-refractivity contribution in [2.75, 3.05) is 0 Å². The maximum Gasteiger partial charge on any atom is -0.0162 e. The molecule has 3 aromatic rings. The Morgan fingerprint density at radius 2 is 1.17 bits per heavy atom. The number of fused-ring (bicyclic) bond motifs is 1. The summed E-state index contributed by atoms with van der Waals surface area (Å²) in [5.41, 5.74) is 5.94. The summed E-state index contributed by atoms with van der Waals surface area (Å²) in [5, 5.41) is 2.75. The molecule has 1 saturated carbocycles. The second kappa shape index (κ2) is 10.3. The van der Waals surface area contributed by atoms with Gasteiger partial charge in [0.1, 0.15) is 0 Å². The van der Waals surface area contributed by atoms with E-state index in [9.17, 15) is 0 Å². The fourth-order valence-corrected chi connectivity index (χ4v) is 5.38. The van der Waals surface area contributed by atoms with Crippen LogP contribution in [0, 0.1) is 5.92 Å². The molecule has 30 heavy (non-hydrogen) atoms. The first-order chi connectivity index (χ1) is 14.7. The molecular weight excluding hydrogens is 360 g/mol. The molecular formula is C30H38. The van der Waals surface area contributed by atoms with Crippen LogP contribution in [-0.4, -0.2) is 0 Å². The molecule has 0 aliphatic heterocycles. The number of benzene rings is 3. The molecule has 0 spiro atoms. The van der Waals surface area contributed by atoms with E-state index in [4.69, 9.17) is 0 Å². The quantitative estimate of drug-likeness (QED) is 0.356. The van der Waals surface area contributed by atoms with Crippen molar-refractivity contribution in [3.05, 3.63) is 82.9 Å². The summed E-state index contributed by atoms with van der Waals surface area (Å²) in [4.78, 5) is 0. The van der Waals surface area contributed by atoms with Crippen molar-refractivity contribution in [2.45, 2.75) is 84.0 Å². The van der Waals surface area contributed by atoms with Gasteiger partial charge in [-0.25, -0.2) is 0 Å². The van der Waals surface area contributed by atoms with E-state index < -0.39 is 0 Å². The molecule has 0 saturated heterocycles. The van der Waals surface area contributed by atoms with Gasteiger partial charge in [0.25, 0.3) is 0 Å². The van der Waals surface area contributed by atoms with Crippen LogP contribution in [0.1, 0.15) is 87.0 Å². The van der Waals surface area contributed by atoms with Gasteiger partial charge in [-0.3, -0.25) is 0 Å². The highest BCUT2D eigenvalue weighted by Crippen LogP contribution is 2.37. The lowest BCUT2D eigenvalue weighted by molar-refractivity contribution is 0.308. The largest absolute Gasteiger partial charge is 0.0654 e. The lowest BCUT2D eigenvalue weighted by atomic mass is 9.77. The third kappa shape index (κ3) is 5.34. The molecule has 3 aromatic carbocycles. The van der Waals surface area contributed by atoms with E-state index in [0.29, 0.717) is 0 Å². The van der Waals surface area contributed by atoms with E-state index in [-0.39, 0.29) is 0 Å². The van der Waals surface area contributed by atoms with Crippen molar-refractivity contribution in [1.29, 1.82) is 0 Å². The molecule has 158 valence electrons. The van der Waals surface area contributed by atoms with Gasteiger partial charge in [0.15, 0.2) is 0 Å². The summed E-state index contributed by atoms with van der Waals surface area (Å²) in [6, 6.07) is 23.6.